The van der Waals surface area contributed by atoms with Crippen LogP contribution in [-0.4, -0.2) is 89.0 Å². The first-order valence-corrected chi connectivity index (χ1v) is 24.0. The molecule has 0 radical (unpaired) electrons. The molecule has 6 aromatic rings. The number of rotatable bonds is 19. The number of nitrogens with zero attached hydrogens (tertiary/aromatic N) is 9. The normalized spacial score (nSPS) is 12.6. The zero-order valence-electron chi connectivity index (χ0n) is 35.2. The lowest BCUT2D eigenvalue weighted by atomic mass is 10.1. The Kier molecular flexibility index (Phi) is 14.4. The number of pyridine rings is 1. The number of aryl methyl sites for hydroxylation is 2. The van der Waals surface area contributed by atoms with Gasteiger partial charge in [0.05, 0.1) is 57.6 Å². The summed E-state index contributed by atoms with van der Waals surface area (Å²) in [6, 6.07) is 14.9. The van der Waals surface area contributed by atoms with Crippen LogP contribution in [0.1, 0.15) is 39.9 Å². The molecule has 0 atom stereocenters. The fraction of sp³-hybridized carbons (Fsp3) is 0.231. The molecule has 352 valence electrons. The van der Waals surface area contributed by atoms with Gasteiger partial charge in [0, 0.05) is 24.3 Å². The number of non-ortho nitro benzene ring substituents is 1. The van der Waals surface area contributed by atoms with Crippen molar-refractivity contribution >= 4 is 92.8 Å². The molecule has 25 nitrogen and oxygen atoms in total. The average Bonchev–Trinajstić information content (AvgIpc) is 3.62. The van der Waals surface area contributed by atoms with E-state index in [-0.39, 0.29) is 82.8 Å². The number of hydrogen-bond acceptors (Lipinski definition) is 19. The van der Waals surface area contributed by atoms with Crippen molar-refractivity contribution in [1.82, 2.24) is 9.38 Å². The van der Waals surface area contributed by atoms with Crippen molar-refractivity contribution in [2.24, 2.45) is 36.4 Å². The summed E-state index contributed by atoms with van der Waals surface area (Å²) >= 11 is 0. The maximum absolute atomic E-state index is 12.7. The standard InChI is InChI=1S/C39H38N10O15S3/c1-21-16-29(32(63-12-6-14-65(54,55)56)19-27(21)43-42-26-11-10-24(49(52)53)18-34(26)67(60,61)62)45-44-28-20-33(64-13-7-15-66(57,58)59)30(17-22(28)2)46-47-36-23(3)35(37(40)50)38-41-25-8-4-5-9-31(25)48(38)39(36)51/h4-5,8-11,16-20,51H,6-7,12-15H2,1-3H3,(H2,40,50)(H,54,55,56)(H,57,58,59)(H,60,61,62). The van der Waals surface area contributed by atoms with Crippen LogP contribution in [0.25, 0.3) is 16.7 Å². The molecule has 0 aliphatic rings. The number of nitro benzene ring substituents is 1. The monoisotopic (exact) mass is 982 g/mol. The first-order valence-electron chi connectivity index (χ1n) is 19.3. The maximum Gasteiger partial charge on any atom is 0.297 e. The van der Waals surface area contributed by atoms with Crippen LogP contribution in [0.4, 0.5) is 39.8 Å². The fourth-order valence-electron chi connectivity index (χ4n) is 6.38. The second-order valence-electron chi connectivity index (χ2n) is 14.5. The molecule has 0 bridgehead atoms. The predicted octanol–water partition coefficient (Wildman–Crippen LogP) is 7.93. The molecule has 28 heteroatoms. The van der Waals surface area contributed by atoms with E-state index in [1.165, 1.54) is 35.6 Å². The summed E-state index contributed by atoms with van der Waals surface area (Å²) < 4.78 is 111. The van der Waals surface area contributed by atoms with Gasteiger partial charge in [-0.25, -0.2) is 4.98 Å². The number of nitro groups is 1. The second kappa shape index (κ2) is 19.6. The van der Waals surface area contributed by atoms with Crippen LogP contribution in [0.2, 0.25) is 0 Å². The SMILES string of the molecule is Cc1cc(N=Nc2c(C)c(C(N)=O)c3nc4ccccc4n3c2O)c(OCCCS(=O)(=O)O)cc1N=Nc1cc(C)c(N=Nc2ccc([N+](=O)[O-])cc2S(=O)(=O)O)cc1OCCCS(=O)(=O)O. The number of azo groups is 3. The van der Waals surface area contributed by atoms with Crippen molar-refractivity contribution in [1.29, 1.82) is 0 Å². The van der Waals surface area contributed by atoms with E-state index in [9.17, 15) is 58.9 Å². The molecule has 0 spiro atoms. The van der Waals surface area contributed by atoms with E-state index in [0.717, 1.165) is 12.1 Å². The Balaban J connectivity index is 1.41. The molecule has 1 amide bonds. The lowest BCUT2D eigenvalue weighted by molar-refractivity contribution is -0.385. The maximum atomic E-state index is 12.7. The zero-order chi connectivity index (χ0) is 49.0. The quantitative estimate of drug-likeness (QED) is 0.0169. The van der Waals surface area contributed by atoms with Crippen LogP contribution in [0, 0.1) is 30.9 Å². The van der Waals surface area contributed by atoms with E-state index in [1.54, 1.807) is 38.1 Å². The Hall–Kier alpha value is -7.37. The van der Waals surface area contributed by atoms with E-state index in [1.807, 2.05) is 0 Å². The number of ether oxygens (including phenoxy) is 2. The van der Waals surface area contributed by atoms with Gasteiger partial charge in [-0.2, -0.15) is 35.5 Å². The number of benzene rings is 4. The Morgan fingerprint density at radius 2 is 1.24 bits per heavy atom. The summed E-state index contributed by atoms with van der Waals surface area (Å²) in [7, 11) is -13.7. The highest BCUT2D eigenvalue weighted by atomic mass is 32.2. The van der Waals surface area contributed by atoms with E-state index in [4.69, 9.17) is 15.2 Å². The summed E-state index contributed by atoms with van der Waals surface area (Å²) in [5.74, 6) is -2.64. The number of aromatic hydroxyl groups is 1. The molecule has 0 aliphatic carbocycles. The lowest BCUT2D eigenvalue weighted by Gasteiger charge is -2.13. The van der Waals surface area contributed by atoms with Crippen LogP contribution in [0.5, 0.6) is 17.4 Å². The lowest BCUT2D eigenvalue weighted by Crippen LogP contribution is -2.15. The van der Waals surface area contributed by atoms with Gasteiger partial charge in [-0.1, -0.05) is 12.1 Å². The minimum absolute atomic E-state index is 0.0239. The van der Waals surface area contributed by atoms with Crippen molar-refractivity contribution in [2.75, 3.05) is 24.7 Å². The highest BCUT2D eigenvalue weighted by molar-refractivity contribution is 7.86. The Morgan fingerprint density at radius 1 is 0.731 bits per heavy atom. The number of primary amides is 1. The van der Waals surface area contributed by atoms with Gasteiger partial charge in [-0.05, 0) is 80.6 Å². The van der Waals surface area contributed by atoms with E-state index in [0.29, 0.717) is 28.2 Å². The number of imidazole rings is 1. The number of amides is 1. The number of aromatic nitrogens is 2. The first-order chi connectivity index (χ1) is 31.4. The van der Waals surface area contributed by atoms with Crippen molar-refractivity contribution in [2.45, 2.75) is 38.5 Å². The highest BCUT2D eigenvalue weighted by Crippen LogP contribution is 2.43. The van der Waals surface area contributed by atoms with Crippen molar-refractivity contribution < 1.29 is 63.2 Å². The number of fused-ring (bicyclic) bond motifs is 3. The fourth-order valence-corrected chi connectivity index (χ4v) is 7.99. The number of carbonyl (C=O) groups is 1. The summed E-state index contributed by atoms with van der Waals surface area (Å²) in [6.45, 7) is 4.13. The molecule has 0 unspecified atom stereocenters. The highest BCUT2D eigenvalue weighted by Gasteiger charge is 2.24. The molecule has 0 fully saturated rings. The van der Waals surface area contributed by atoms with Crippen molar-refractivity contribution in [3.63, 3.8) is 0 Å². The van der Waals surface area contributed by atoms with Crippen molar-refractivity contribution in [3.8, 4) is 17.4 Å². The number of hydrogen-bond donors (Lipinski definition) is 5. The minimum atomic E-state index is -5.00. The molecule has 2 heterocycles. The number of carbonyl (C=O) groups excluding carboxylic acids is 1. The van der Waals surface area contributed by atoms with E-state index >= 15 is 0 Å². The van der Waals surface area contributed by atoms with Gasteiger partial charge in [-0.15, -0.1) is 20.5 Å². The van der Waals surface area contributed by atoms with Crippen LogP contribution >= 0.6 is 0 Å². The van der Waals surface area contributed by atoms with Crippen LogP contribution < -0.4 is 15.2 Å². The zero-order valence-corrected chi connectivity index (χ0v) is 37.6. The molecule has 2 aromatic heterocycles. The van der Waals surface area contributed by atoms with E-state index in [2.05, 4.69) is 35.7 Å². The molecule has 67 heavy (non-hydrogen) atoms. The van der Waals surface area contributed by atoms with Gasteiger partial charge in [0.15, 0.2) is 5.65 Å². The molecule has 0 saturated heterocycles. The summed E-state index contributed by atoms with van der Waals surface area (Å²) in [4.78, 5) is 26.6. The van der Waals surface area contributed by atoms with Crippen LogP contribution in [0.15, 0.2) is 102 Å². The number of para-hydroxylation sites is 2. The molecule has 6 rings (SSSR count). The van der Waals surface area contributed by atoms with Crippen LogP contribution in [0.3, 0.4) is 0 Å². The predicted molar refractivity (Wildman–Crippen MR) is 238 cm³/mol. The Bertz CT molecular complexity index is 3410. The first kappa shape index (κ1) is 49.1. The number of nitrogens with two attached hydrogens (primary N) is 1. The summed E-state index contributed by atoms with van der Waals surface area (Å²) in [6.07, 6.45) is -0.336. The van der Waals surface area contributed by atoms with Gasteiger partial charge in [0.2, 0.25) is 5.88 Å². The third-order valence-corrected chi connectivity index (χ3v) is 12.1. The minimum Gasteiger partial charge on any atom is -0.493 e. The van der Waals surface area contributed by atoms with Gasteiger partial charge < -0.3 is 20.3 Å². The van der Waals surface area contributed by atoms with Gasteiger partial charge in [0.1, 0.15) is 39.1 Å². The largest absolute Gasteiger partial charge is 0.493 e. The van der Waals surface area contributed by atoms with Crippen molar-refractivity contribution in [3.05, 3.63) is 99.1 Å². The van der Waals surface area contributed by atoms with Gasteiger partial charge >= 0.3 is 0 Å². The topological polar surface area (TPSA) is 379 Å². The Morgan fingerprint density at radius 3 is 1.75 bits per heavy atom. The average molecular weight is 983 g/mol. The van der Waals surface area contributed by atoms with Crippen LogP contribution in [-0.2, 0) is 30.4 Å². The van der Waals surface area contributed by atoms with Gasteiger partial charge in [-0.3, -0.25) is 33.0 Å². The molecule has 4 aromatic carbocycles. The molecular weight excluding hydrogens is 945 g/mol. The third kappa shape index (κ3) is 11.9. The van der Waals surface area contributed by atoms with E-state index < -0.39 is 74.8 Å². The smallest absolute Gasteiger partial charge is 0.297 e. The summed E-state index contributed by atoms with van der Waals surface area (Å²) in [5, 5.41) is 47.9. The molecular formula is C39H38N10O15S3. The third-order valence-electron chi connectivity index (χ3n) is 9.57. The van der Waals surface area contributed by atoms with Gasteiger partial charge in [0.25, 0.3) is 41.9 Å². The molecule has 6 N–H and O–H groups in total. The second-order valence-corrected chi connectivity index (χ2v) is 19.0. The summed E-state index contributed by atoms with van der Waals surface area (Å²) in [5.41, 5.74) is 6.67. The molecule has 0 aliphatic heterocycles. The Labute approximate surface area is 380 Å². The molecule has 0 saturated carbocycles.